The van der Waals surface area contributed by atoms with Gasteiger partial charge >= 0.3 is 0 Å². The van der Waals surface area contributed by atoms with E-state index in [4.69, 9.17) is 0 Å². The molecule has 0 aromatic heterocycles. The quantitative estimate of drug-likeness (QED) is 0.419. The highest BCUT2D eigenvalue weighted by Crippen LogP contribution is 1.99. The molecule has 0 atom stereocenters. The smallest absolute Gasteiger partial charge is 0.0870 e. The number of benzene rings is 1. The highest BCUT2D eigenvalue weighted by Gasteiger charge is 1.86. The molecule has 1 rings (SSSR count). The predicted octanol–water partition coefficient (Wildman–Crippen LogP) is 2.94. The molecule has 0 radical (unpaired) electrons. The van der Waals surface area contributed by atoms with Gasteiger partial charge in [-0.15, -0.1) is 0 Å². The summed E-state index contributed by atoms with van der Waals surface area (Å²) in [7, 11) is 0. The molecule has 0 amide bonds. The van der Waals surface area contributed by atoms with Gasteiger partial charge in [-0.05, 0) is 12.0 Å². The fourth-order valence-electron chi connectivity index (χ4n) is 1.06. The van der Waals surface area contributed by atoms with Gasteiger partial charge in [-0.2, -0.15) is 5.11 Å². The second-order valence-electron chi connectivity index (χ2n) is 3.15. The standard InChI is InChI=1S/C11H17N3/c1-2-3-9-12-14-13-10-11-7-5-4-6-8-11/h4-8H,2-3,9-10H2,1H3,(H,12,13). The van der Waals surface area contributed by atoms with E-state index in [-0.39, 0.29) is 0 Å². The first kappa shape index (κ1) is 10.7. The summed E-state index contributed by atoms with van der Waals surface area (Å²) in [6.07, 6.45) is 2.32. The Labute approximate surface area is 85.2 Å². The van der Waals surface area contributed by atoms with E-state index in [1.807, 2.05) is 30.3 Å². The van der Waals surface area contributed by atoms with Crippen LogP contribution in [-0.4, -0.2) is 6.54 Å². The van der Waals surface area contributed by atoms with E-state index < -0.39 is 0 Å². The van der Waals surface area contributed by atoms with Crippen molar-refractivity contribution in [1.82, 2.24) is 5.43 Å². The van der Waals surface area contributed by atoms with Crippen molar-refractivity contribution in [1.29, 1.82) is 0 Å². The zero-order valence-corrected chi connectivity index (χ0v) is 8.61. The lowest BCUT2D eigenvalue weighted by molar-refractivity contribution is 0.628. The zero-order chi connectivity index (χ0) is 10.1. The first-order valence-corrected chi connectivity index (χ1v) is 5.06. The molecular formula is C11H17N3. The summed E-state index contributed by atoms with van der Waals surface area (Å²) in [4.78, 5) is 0. The van der Waals surface area contributed by atoms with Crippen LogP contribution in [0.2, 0.25) is 0 Å². The van der Waals surface area contributed by atoms with E-state index in [0.29, 0.717) is 6.54 Å². The van der Waals surface area contributed by atoms with Gasteiger partial charge in [-0.1, -0.05) is 48.9 Å². The monoisotopic (exact) mass is 191 g/mol. The molecule has 0 unspecified atom stereocenters. The summed E-state index contributed by atoms with van der Waals surface area (Å²) in [5.74, 6) is 0. The number of hydrogen-bond donors (Lipinski definition) is 1. The Morgan fingerprint density at radius 1 is 1.21 bits per heavy atom. The zero-order valence-electron chi connectivity index (χ0n) is 8.61. The van der Waals surface area contributed by atoms with Crippen LogP contribution in [-0.2, 0) is 6.54 Å². The number of hydrogen-bond acceptors (Lipinski definition) is 2. The van der Waals surface area contributed by atoms with Crippen molar-refractivity contribution in [3.05, 3.63) is 35.9 Å². The van der Waals surface area contributed by atoms with E-state index >= 15 is 0 Å². The average Bonchev–Trinajstić information content (AvgIpc) is 2.25. The first-order valence-electron chi connectivity index (χ1n) is 5.06. The molecule has 0 saturated carbocycles. The Kier molecular flexibility index (Phi) is 5.40. The van der Waals surface area contributed by atoms with Gasteiger partial charge < -0.3 is 0 Å². The maximum atomic E-state index is 4.03. The largest absolute Gasteiger partial charge is 0.292 e. The van der Waals surface area contributed by atoms with Crippen molar-refractivity contribution in [2.24, 2.45) is 10.3 Å². The molecule has 14 heavy (non-hydrogen) atoms. The number of unbranched alkanes of at least 4 members (excludes halogenated alkanes) is 1. The maximum Gasteiger partial charge on any atom is 0.0870 e. The van der Waals surface area contributed by atoms with E-state index in [9.17, 15) is 0 Å². The molecule has 3 nitrogen and oxygen atoms in total. The van der Waals surface area contributed by atoms with Crippen molar-refractivity contribution < 1.29 is 0 Å². The Morgan fingerprint density at radius 3 is 2.71 bits per heavy atom. The van der Waals surface area contributed by atoms with Crippen molar-refractivity contribution in [2.45, 2.75) is 26.3 Å². The van der Waals surface area contributed by atoms with Gasteiger partial charge in [-0.25, -0.2) is 0 Å². The summed E-state index contributed by atoms with van der Waals surface area (Å²) in [5.41, 5.74) is 4.10. The topological polar surface area (TPSA) is 36.8 Å². The SMILES string of the molecule is CCCCNN=NCc1ccccc1. The second-order valence-corrected chi connectivity index (χ2v) is 3.15. The Hall–Kier alpha value is -1.38. The van der Waals surface area contributed by atoms with E-state index in [2.05, 4.69) is 22.7 Å². The van der Waals surface area contributed by atoms with Crippen LogP contribution in [0.15, 0.2) is 40.7 Å². The van der Waals surface area contributed by atoms with E-state index in [1.165, 1.54) is 12.0 Å². The van der Waals surface area contributed by atoms with Crippen LogP contribution in [0.3, 0.4) is 0 Å². The van der Waals surface area contributed by atoms with Crippen LogP contribution < -0.4 is 5.43 Å². The fourth-order valence-corrected chi connectivity index (χ4v) is 1.06. The Morgan fingerprint density at radius 2 is 2.00 bits per heavy atom. The molecule has 0 heterocycles. The predicted molar refractivity (Wildman–Crippen MR) is 57.9 cm³/mol. The first-order chi connectivity index (χ1) is 6.93. The van der Waals surface area contributed by atoms with Crippen molar-refractivity contribution in [3.8, 4) is 0 Å². The Balaban J connectivity index is 2.14. The van der Waals surface area contributed by atoms with Gasteiger partial charge in [0.05, 0.1) is 6.54 Å². The van der Waals surface area contributed by atoms with Crippen LogP contribution in [0.25, 0.3) is 0 Å². The van der Waals surface area contributed by atoms with Gasteiger partial charge in [0.2, 0.25) is 0 Å². The van der Waals surface area contributed by atoms with Crippen LogP contribution in [0.1, 0.15) is 25.3 Å². The molecule has 0 aliphatic rings. The van der Waals surface area contributed by atoms with Gasteiger partial charge in [0.15, 0.2) is 0 Å². The highest BCUT2D eigenvalue weighted by molar-refractivity contribution is 5.13. The molecule has 0 saturated heterocycles. The lowest BCUT2D eigenvalue weighted by Crippen LogP contribution is -2.05. The molecule has 1 aromatic rings. The third-order valence-electron chi connectivity index (χ3n) is 1.88. The molecule has 1 aromatic carbocycles. The average molecular weight is 191 g/mol. The summed E-state index contributed by atoms with van der Waals surface area (Å²) >= 11 is 0. The summed E-state index contributed by atoms with van der Waals surface area (Å²) in [6.45, 7) is 3.72. The minimum Gasteiger partial charge on any atom is -0.292 e. The highest BCUT2D eigenvalue weighted by atomic mass is 15.4. The third-order valence-corrected chi connectivity index (χ3v) is 1.88. The molecule has 0 spiro atoms. The molecule has 0 aliphatic carbocycles. The fraction of sp³-hybridized carbons (Fsp3) is 0.455. The molecule has 76 valence electrons. The lowest BCUT2D eigenvalue weighted by atomic mass is 10.2. The third kappa shape index (κ3) is 4.60. The van der Waals surface area contributed by atoms with Gasteiger partial charge in [0.25, 0.3) is 0 Å². The Bertz CT molecular complexity index is 256. The molecule has 1 N–H and O–H groups in total. The minimum absolute atomic E-state index is 0.653. The van der Waals surface area contributed by atoms with Crippen molar-refractivity contribution in [2.75, 3.05) is 6.54 Å². The molecule has 0 fully saturated rings. The number of nitrogens with one attached hydrogen (secondary N) is 1. The van der Waals surface area contributed by atoms with E-state index in [1.54, 1.807) is 0 Å². The minimum atomic E-state index is 0.653. The van der Waals surface area contributed by atoms with E-state index in [0.717, 1.165) is 13.0 Å². The lowest BCUT2D eigenvalue weighted by Gasteiger charge is -1.96. The molecule has 3 heteroatoms. The maximum absolute atomic E-state index is 4.03. The molecule has 0 bridgehead atoms. The van der Waals surface area contributed by atoms with Crippen LogP contribution in [0.4, 0.5) is 0 Å². The second kappa shape index (κ2) is 7.06. The van der Waals surface area contributed by atoms with Crippen LogP contribution in [0.5, 0.6) is 0 Å². The summed E-state index contributed by atoms with van der Waals surface area (Å²) in [5, 5.41) is 7.91. The normalized spacial score (nSPS) is 10.6. The molecule has 0 aliphatic heterocycles. The van der Waals surface area contributed by atoms with Crippen LogP contribution in [0, 0.1) is 0 Å². The number of rotatable bonds is 6. The molecular weight excluding hydrogens is 174 g/mol. The van der Waals surface area contributed by atoms with Crippen LogP contribution >= 0.6 is 0 Å². The number of nitrogens with zero attached hydrogens (tertiary/aromatic N) is 2. The van der Waals surface area contributed by atoms with Crippen molar-refractivity contribution >= 4 is 0 Å². The van der Waals surface area contributed by atoms with Crippen molar-refractivity contribution in [3.63, 3.8) is 0 Å². The van der Waals surface area contributed by atoms with Gasteiger partial charge in [0.1, 0.15) is 0 Å². The summed E-state index contributed by atoms with van der Waals surface area (Å²) < 4.78 is 0. The van der Waals surface area contributed by atoms with Gasteiger partial charge in [-0.3, -0.25) is 5.43 Å². The van der Waals surface area contributed by atoms with Gasteiger partial charge in [0, 0.05) is 6.54 Å². The summed E-state index contributed by atoms with van der Waals surface area (Å²) in [6, 6.07) is 10.1.